The summed E-state index contributed by atoms with van der Waals surface area (Å²) in [6.07, 6.45) is 7.25. The normalized spacial score (nSPS) is 11.6. The van der Waals surface area contributed by atoms with Crippen molar-refractivity contribution in [2.24, 2.45) is 0 Å². The van der Waals surface area contributed by atoms with E-state index in [2.05, 4.69) is 45.0 Å². The topological polar surface area (TPSA) is 18.5 Å². The first-order valence-corrected chi connectivity index (χ1v) is 15.0. The van der Waals surface area contributed by atoms with E-state index in [9.17, 15) is 0 Å². The van der Waals surface area contributed by atoms with E-state index in [-0.39, 0.29) is 0 Å². The molecule has 21 heavy (non-hydrogen) atoms. The van der Waals surface area contributed by atoms with E-state index in [1.807, 2.05) is 6.07 Å². The Kier molecular flexibility index (Phi) is 10.2. The Morgan fingerprint density at radius 1 is 0.810 bits per heavy atom. The molecule has 0 aromatic heterocycles. The minimum absolute atomic E-state index is 0.882. The van der Waals surface area contributed by atoms with Crippen LogP contribution in [0.4, 0.5) is 0 Å². The third kappa shape index (κ3) is 7.55. The molecule has 0 atom stereocenters. The minimum atomic E-state index is -2.97. The van der Waals surface area contributed by atoms with E-state index in [0.29, 0.717) is 0 Å². The van der Waals surface area contributed by atoms with Crippen LogP contribution in [-0.4, -0.2) is 25.8 Å². The van der Waals surface area contributed by atoms with E-state index in [0.717, 1.165) is 18.8 Å². The molecule has 0 aliphatic carbocycles. The molecule has 0 amide bonds. The molecule has 120 valence electrons. The maximum absolute atomic E-state index is 6.54. The number of hydrogen-bond acceptors (Lipinski definition) is 2. The summed E-state index contributed by atoms with van der Waals surface area (Å²) in [4.78, 5) is 0. The Bertz CT molecular complexity index is 345. The van der Waals surface area contributed by atoms with Crippen LogP contribution in [0.1, 0.15) is 59.3 Å². The first-order valence-electron chi connectivity index (χ1n) is 8.64. The zero-order valence-corrected chi connectivity index (χ0v) is 16.9. The molecule has 3 heteroatoms. The summed E-state index contributed by atoms with van der Waals surface area (Å²) in [5.74, 6) is 1.01. The van der Waals surface area contributed by atoms with E-state index in [1.54, 1.807) is 0 Å². The molecular weight excluding hydrogens is 367 g/mol. The Hall–Kier alpha value is -0.221. The van der Waals surface area contributed by atoms with Crippen molar-refractivity contribution in [1.82, 2.24) is 0 Å². The van der Waals surface area contributed by atoms with Gasteiger partial charge in [0.25, 0.3) is 0 Å². The van der Waals surface area contributed by atoms with Crippen LogP contribution < -0.4 is 3.07 Å². The second kappa shape index (κ2) is 11.4. The van der Waals surface area contributed by atoms with Crippen LogP contribution in [0.2, 0.25) is 8.87 Å². The molecule has 0 heterocycles. The molecule has 2 nitrogen and oxygen atoms in total. The number of benzene rings is 1. The van der Waals surface area contributed by atoms with Gasteiger partial charge in [0.15, 0.2) is 0 Å². The zero-order valence-electron chi connectivity index (χ0n) is 14.1. The SMILES string of the molecule is CCCC[O][Sn]([CH2]CCC)([CH2]CCC)[O]c1ccccc1. The molecule has 0 radical (unpaired) electrons. The summed E-state index contributed by atoms with van der Waals surface area (Å²) in [7, 11) is 0. The molecule has 0 bridgehead atoms. The maximum atomic E-state index is 6.54. The Morgan fingerprint density at radius 2 is 1.38 bits per heavy atom. The third-order valence-electron chi connectivity index (χ3n) is 3.73. The summed E-state index contributed by atoms with van der Waals surface area (Å²) < 4.78 is 15.4. The molecule has 0 fully saturated rings. The molecule has 0 spiro atoms. The van der Waals surface area contributed by atoms with E-state index in [1.165, 1.54) is 41.0 Å². The average Bonchev–Trinajstić information content (AvgIpc) is 2.52. The fourth-order valence-corrected chi connectivity index (χ4v) is 12.9. The Balaban J connectivity index is 2.79. The van der Waals surface area contributed by atoms with Crippen molar-refractivity contribution in [1.29, 1.82) is 0 Å². The first kappa shape index (κ1) is 18.8. The van der Waals surface area contributed by atoms with Crippen molar-refractivity contribution in [3.8, 4) is 5.75 Å². The van der Waals surface area contributed by atoms with Crippen LogP contribution in [0.25, 0.3) is 0 Å². The molecule has 0 unspecified atom stereocenters. The fraction of sp³-hybridized carbons (Fsp3) is 0.667. The van der Waals surface area contributed by atoms with Crippen molar-refractivity contribution in [2.45, 2.75) is 68.2 Å². The summed E-state index contributed by atoms with van der Waals surface area (Å²) in [6.45, 7) is 7.61. The van der Waals surface area contributed by atoms with E-state index in [4.69, 9.17) is 6.15 Å². The van der Waals surface area contributed by atoms with Crippen LogP contribution >= 0.6 is 0 Å². The van der Waals surface area contributed by atoms with Gasteiger partial charge in [0.2, 0.25) is 0 Å². The van der Waals surface area contributed by atoms with Gasteiger partial charge in [0.05, 0.1) is 0 Å². The van der Waals surface area contributed by atoms with Gasteiger partial charge in [-0.15, -0.1) is 0 Å². The summed E-state index contributed by atoms with van der Waals surface area (Å²) in [5, 5.41) is 0. The number of unbranched alkanes of at least 4 members (excludes halogenated alkanes) is 3. The molecule has 1 rings (SSSR count). The number of rotatable bonds is 12. The third-order valence-corrected chi connectivity index (χ3v) is 13.9. The molecule has 1 aromatic carbocycles. The second-order valence-electron chi connectivity index (χ2n) is 5.73. The fourth-order valence-electron chi connectivity index (χ4n) is 2.40. The van der Waals surface area contributed by atoms with Crippen molar-refractivity contribution in [2.75, 3.05) is 6.61 Å². The molecule has 0 N–H and O–H groups in total. The second-order valence-corrected chi connectivity index (χ2v) is 15.2. The molecule has 0 saturated carbocycles. The number of hydrogen-bond donors (Lipinski definition) is 0. The van der Waals surface area contributed by atoms with Crippen molar-refractivity contribution in [3.05, 3.63) is 30.3 Å². The Labute approximate surface area is 136 Å². The van der Waals surface area contributed by atoms with Crippen LogP contribution in [0.15, 0.2) is 30.3 Å². The molecule has 0 aliphatic rings. The van der Waals surface area contributed by atoms with Gasteiger partial charge in [-0.05, 0) is 0 Å². The van der Waals surface area contributed by atoms with Crippen molar-refractivity contribution >= 4 is 19.2 Å². The van der Waals surface area contributed by atoms with Gasteiger partial charge in [-0.3, -0.25) is 0 Å². The first-order chi connectivity index (χ1) is 10.3. The van der Waals surface area contributed by atoms with Crippen molar-refractivity contribution in [3.63, 3.8) is 0 Å². The van der Waals surface area contributed by atoms with Gasteiger partial charge in [0, 0.05) is 0 Å². The monoisotopic (exact) mass is 400 g/mol. The van der Waals surface area contributed by atoms with Crippen molar-refractivity contribution < 1.29 is 6.15 Å². The van der Waals surface area contributed by atoms with Gasteiger partial charge in [-0.2, -0.15) is 0 Å². The standard InChI is InChI=1S/C6H6O.C4H9O.2C4H9.Sn/c7-6-4-2-1-3-5-6;1-2-3-4-5;2*1-3-4-2;/h1-5,7H;2-4H2,1H3;2*1,3-4H2,2H3;/q;-1;;;+2/p-1. The summed E-state index contributed by atoms with van der Waals surface area (Å²) >= 11 is -2.97. The Morgan fingerprint density at radius 3 is 1.90 bits per heavy atom. The van der Waals surface area contributed by atoms with Crippen LogP contribution in [-0.2, 0) is 3.07 Å². The van der Waals surface area contributed by atoms with Crippen LogP contribution in [0.3, 0.4) is 0 Å². The predicted molar refractivity (Wildman–Crippen MR) is 93.1 cm³/mol. The molecular formula is C18H32O2Sn. The summed E-state index contributed by atoms with van der Waals surface area (Å²) in [5.41, 5.74) is 0. The van der Waals surface area contributed by atoms with E-state index >= 15 is 0 Å². The average molecular weight is 399 g/mol. The molecule has 0 saturated heterocycles. The van der Waals surface area contributed by atoms with Crippen LogP contribution in [0, 0.1) is 0 Å². The molecule has 1 aromatic rings. The van der Waals surface area contributed by atoms with Crippen LogP contribution in [0.5, 0.6) is 5.75 Å². The van der Waals surface area contributed by atoms with Gasteiger partial charge < -0.3 is 0 Å². The van der Waals surface area contributed by atoms with Gasteiger partial charge in [0.1, 0.15) is 0 Å². The van der Waals surface area contributed by atoms with Gasteiger partial charge >= 0.3 is 136 Å². The van der Waals surface area contributed by atoms with E-state index < -0.39 is 19.2 Å². The number of para-hydroxylation sites is 1. The zero-order chi connectivity index (χ0) is 15.4. The predicted octanol–water partition coefficient (Wildman–Crippen LogP) is 5.92. The molecule has 0 aliphatic heterocycles. The quantitative estimate of drug-likeness (QED) is 0.321. The summed E-state index contributed by atoms with van der Waals surface area (Å²) in [6, 6.07) is 10.3. The van der Waals surface area contributed by atoms with Gasteiger partial charge in [-0.25, -0.2) is 0 Å². The van der Waals surface area contributed by atoms with Gasteiger partial charge in [-0.1, -0.05) is 0 Å².